The highest BCUT2D eigenvalue weighted by Crippen LogP contribution is 2.19. The fourth-order valence-electron chi connectivity index (χ4n) is 1.97. The minimum Gasteiger partial charge on any atom is -0.385 e. The van der Waals surface area contributed by atoms with Gasteiger partial charge >= 0.3 is 0 Å². The number of ether oxygens (including phenoxy) is 2. The molecule has 0 amide bonds. The van der Waals surface area contributed by atoms with Crippen LogP contribution in [0.25, 0.3) is 0 Å². The number of nitrogens with one attached hydrogen (secondary N) is 1. The van der Waals surface area contributed by atoms with Gasteiger partial charge in [-0.3, -0.25) is 0 Å². The quantitative estimate of drug-likeness (QED) is 0.720. The van der Waals surface area contributed by atoms with Crippen molar-refractivity contribution >= 4 is 0 Å². The molecule has 0 radical (unpaired) electrons. The van der Waals surface area contributed by atoms with Gasteiger partial charge in [0.2, 0.25) is 0 Å². The highest BCUT2D eigenvalue weighted by Gasteiger charge is 2.11. The minimum absolute atomic E-state index is 0.257. The fraction of sp³-hybridized carbons (Fsp3) is 0.600. The first-order valence-corrected chi connectivity index (χ1v) is 6.50. The average Bonchev–Trinajstić information content (AvgIpc) is 2.37. The monoisotopic (exact) mass is 251 g/mol. The molecule has 0 aliphatic rings. The second kappa shape index (κ2) is 8.25. The van der Waals surface area contributed by atoms with Gasteiger partial charge in [0.05, 0.1) is 12.6 Å². The number of methoxy groups -OCH3 is 1. The van der Waals surface area contributed by atoms with Crippen molar-refractivity contribution in [2.45, 2.75) is 26.3 Å². The third-order valence-corrected chi connectivity index (χ3v) is 3.08. The first kappa shape index (κ1) is 15.2. The van der Waals surface area contributed by atoms with E-state index in [4.69, 9.17) is 9.47 Å². The van der Waals surface area contributed by atoms with E-state index in [1.165, 1.54) is 16.7 Å². The summed E-state index contributed by atoms with van der Waals surface area (Å²) in [4.78, 5) is 0. The molecule has 1 aromatic rings. The SMILES string of the molecule is CNC(COCCCOC)c1cc(C)ccc1C. The van der Waals surface area contributed by atoms with Crippen molar-refractivity contribution < 1.29 is 9.47 Å². The summed E-state index contributed by atoms with van der Waals surface area (Å²) in [6.45, 7) is 6.47. The van der Waals surface area contributed by atoms with Gasteiger partial charge in [0, 0.05) is 20.3 Å². The number of aryl methyl sites for hydroxylation is 2. The molecule has 3 nitrogen and oxygen atoms in total. The Morgan fingerprint density at radius 2 is 2.00 bits per heavy atom. The van der Waals surface area contributed by atoms with Crippen LogP contribution in [0, 0.1) is 13.8 Å². The van der Waals surface area contributed by atoms with Crippen LogP contribution in [0.3, 0.4) is 0 Å². The molecule has 0 aliphatic carbocycles. The molecule has 0 saturated carbocycles. The van der Waals surface area contributed by atoms with Crippen LogP contribution in [0.2, 0.25) is 0 Å². The zero-order valence-corrected chi connectivity index (χ0v) is 12.0. The van der Waals surface area contributed by atoms with Crippen LogP contribution in [0.4, 0.5) is 0 Å². The van der Waals surface area contributed by atoms with Crippen molar-refractivity contribution in [1.82, 2.24) is 5.32 Å². The zero-order valence-electron chi connectivity index (χ0n) is 12.0. The molecule has 0 bridgehead atoms. The topological polar surface area (TPSA) is 30.5 Å². The molecule has 1 rings (SSSR count). The third kappa shape index (κ3) is 4.77. The molecule has 0 aliphatic heterocycles. The molecule has 1 unspecified atom stereocenters. The van der Waals surface area contributed by atoms with Crippen molar-refractivity contribution in [2.24, 2.45) is 0 Å². The summed E-state index contributed by atoms with van der Waals surface area (Å²) in [5.41, 5.74) is 3.92. The van der Waals surface area contributed by atoms with Crippen LogP contribution in [-0.2, 0) is 9.47 Å². The molecule has 0 aromatic heterocycles. The molecule has 0 spiro atoms. The van der Waals surface area contributed by atoms with Gasteiger partial charge in [-0.1, -0.05) is 23.8 Å². The van der Waals surface area contributed by atoms with E-state index < -0.39 is 0 Å². The summed E-state index contributed by atoms with van der Waals surface area (Å²) in [6, 6.07) is 6.80. The molecule has 1 atom stereocenters. The van der Waals surface area contributed by atoms with Crippen LogP contribution in [-0.4, -0.2) is 34.0 Å². The molecule has 1 N–H and O–H groups in total. The molecule has 18 heavy (non-hydrogen) atoms. The van der Waals surface area contributed by atoms with E-state index in [0.29, 0.717) is 6.61 Å². The van der Waals surface area contributed by atoms with Crippen molar-refractivity contribution in [2.75, 3.05) is 34.0 Å². The lowest BCUT2D eigenvalue weighted by Gasteiger charge is -2.19. The molecule has 0 saturated heterocycles. The van der Waals surface area contributed by atoms with E-state index in [0.717, 1.165) is 19.6 Å². The second-order valence-corrected chi connectivity index (χ2v) is 4.62. The lowest BCUT2D eigenvalue weighted by molar-refractivity contribution is 0.0888. The lowest BCUT2D eigenvalue weighted by atomic mass is 9.99. The summed E-state index contributed by atoms with van der Waals surface area (Å²) in [5.74, 6) is 0. The maximum Gasteiger partial charge on any atom is 0.0661 e. The maximum absolute atomic E-state index is 5.70. The summed E-state index contributed by atoms with van der Waals surface area (Å²) in [5, 5.41) is 3.32. The normalized spacial score (nSPS) is 12.7. The number of hydrogen-bond donors (Lipinski definition) is 1. The van der Waals surface area contributed by atoms with Gasteiger partial charge in [0.1, 0.15) is 0 Å². The molecular weight excluding hydrogens is 226 g/mol. The number of likely N-dealkylation sites (N-methyl/N-ethyl adjacent to an activating group) is 1. The summed E-state index contributed by atoms with van der Waals surface area (Å²) in [7, 11) is 3.69. The van der Waals surface area contributed by atoms with Crippen molar-refractivity contribution in [1.29, 1.82) is 0 Å². The first-order valence-electron chi connectivity index (χ1n) is 6.50. The molecule has 1 aromatic carbocycles. The van der Waals surface area contributed by atoms with E-state index in [1.54, 1.807) is 7.11 Å². The van der Waals surface area contributed by atoms with Crippen molar-refractivity contribution in [3.8, 4) is 0 Å². The maximum atomic E-state index is 5.70. The van der Waals surface area contributed by atoms with Gasteiger partial charge in [-0.15, -0.1) is 0 Å². The third-order valence-electron chi connectivity index (χ3n) is 3.08. The van der Waals surface area contributed by atoms with Gasteiger partial charge in [0.25, 0.3) is 0 Å². The van der Waals surface area contributed by atoms with Crippen LogP contribution in [0.1, 0.15) is 29.2 Å². The minimum atomic E-state index is 0.257. The van der Waals surface area contributed by atoms with Crippen molar-refractivity contribution in [3.05, 3.63) is 34.9 Å². The largest absolute Gasteiger partial charge is 0.385 e. The average molecular weight is 251 g/mol. The Balaban J connectivity index is 2.52. The molecule has 0 fully saturated rings. The van der Waals surface area contributed by atoms with Gasteiger partial charge in [-0.25, -0.2) is 0 Å². The number of benzene rings is 1. The number of rotatable bonds is 8. The number of hydrogen-bond acceptors (Lipinski definition) is 3. The van der Waals surface area contributed by atoms with Crippen LogP contribution in [0.15, 0.2) is 18.2 Å². The van der Waals surface area contributed by atoms with Crippen LogP contribution >= 0.6 is 0 Å². The van der Waals surface area contributed by atoms with Crippen LogP contribution in [0.5, 0.6) is 0 Å². The van der Waals surface area contributed by atoms with Gasteiger partial charge < -0.3 is 14.8 Å². The molecule has 0 heterocycles. The second-order valence-electron chi connectivity index (χ2n) is 4.62. The van der Waals surface area contributed by atoms with Gasteiger partial charge in [-0.05, 0) is 38.4 Å². The Bertz CT molecular complexity index is 352. The Morgan fingerprint density at radius 3 is 2.67 bits per heavy atom. The van der Waals surface area contributed by atoms with Crippen LogP contribution < -0.4 is 5.32 Å². The zero-order chi connectivity index (χ0) is 13.4. The Morgan fingerprint density at radius 1 is 1.22 bits per heavy atom. The Hall–Kier alpha value is -0.900. The van der Waals surface area contributed by atoms with E-state index in [2.05, 4.69) is 37.4 Å². The first-order chi connectivity index (χ1) is 8.69. The summed E-state index contributed by atoms with van der Waals surface area (Å²) >= 11 is 0. The Labute approximate surface area is 110 Å². The standard InChI is InChI=1S/C15H25NO2/c1-12-6-7-13(2)14(10-12)15(16-3)11-18-9-5-8-17-4/h6-7,10,15-16H,5,8-9,11H2,1-4H3. The predicted molar refractivity (Wildman–Crippen MR) is 75.0 cm³/mol. The van der Waals surface area contributed by atoms with E-state index >= 15 is 0 Å². The molecule has 3 heteroatoms. The Kier molecular flexibility index (Phi) is 6.94. The van der Waals surface area contributed by atoms with Crippen molar-refractivity contribution in [3.63, 3.8) is 0 Å². The summed E-state index contributed by atoms with van der Waals surface area (Å²) in [6.07, 6.45) is 0.944. The van der Waals surface area contributed by atoms with E-state index in [9.17, 15) is 0 Å². The highest BCUT2D eigenvalue weighted by molar-refractivity contribution is 5.33. The summed E-state index contributed by atoms with van der Waals surface area (Å²) < 4.78 is 10.7. The molecular formula is C15H25NO2. The van der Waals surface area contributed by atoms with E-state index in [-0.39, 0.29) is 6.04 Å². The smallest absolute Gasteiger partial charge is 0.0661 e. The van der Waals surface area contributed by atoms with E-state index in [1.807, 2.05) is 7.05 Å². The fourth-order valence-corrected chi connectivity index (χ4v) is 1.97. The predicted octanol–water partition coefficient (Wildman–Crippen LogP) is 2.62. The van der Waals surface area contributed by atoms with Gasteiger partial charge in [0.15, 0.2) is 0 Å². The molecule has 102 valence electrons. The highest BCUT2D eigenvalue weighted by atomic mass is 16.5. The van der Waals surface area contributed by atoms with Gasteiger partial charge in [-0.2, -0.15) is 0 Å². The lowest BCUT2D eigenvalue weighted by Crippen LogP contribution is -2.23.